The first-order valence-electron chi connectivity index (χ1n) is 8.71. The molecule has 3 rings (SSSR count). The Bertz CT molecular complexity index is 973. The van der Waals surface area contributed by atoms with Gasteiger partial charge in [0.2, 0.25) is 11.6 Å². The number of hydrogen-bond acceptors (Lipinski definition) is 4. The molecule has 0 unspecified atom stereocenters. The molecule has 0 bridgehead atoms. The Morgan fingerprint density at radius 1 is 1.20 bits per heavy atom. The van der Waals surface area contributed by atoms with Crippen molar-refractivity contribution in [2.45, 2.75) is 52.6 Å². The number of para-hydroxylation sites is 2. The summed E-state index contributed by atoms with van der Waals surface area (Å²) < 4.78 is 3.29. The maximum Gasteiger partial charge on any atom is 0.297 e. The first-order valence-corrected chi connectivity index (χ1v) is 8.71. The Morgan fingerprint density at radius 3 is 2.60 bits per heavy atom. The van der Waals surface area contributed by atoms with E-state index in [0.29, 0.717) is 5.52 Å². The predicted molar refractivity (Wildman–Crippen MR) is 96.6 cm³/mol. The molecule has 0 spiro atoms. The fraction of sp³-hybridized carbons (Fsp3) is 0.444. The van der Waals surface area contributed by atoms with E-state index in [1.807, 2.05) is 42.5 Å². The number of carbonyl (C=O) groups is 1. The third-order valence-electron chi connectivity index (χ3n) is 4.38. The van der Waals surface area contributed by atoms with Gasteiger partial charge in [0.15, 0.2) is 0 Å². The van der Waals surface area contributed by atoms with Gasteiger partial charge in [0.1, 0.15) is 12.4 Å². The maximum atomic E-state index is 12.9. The Hall–Kier alpha value is -2.70. The lowest BCUT2D eigenvalue weighted by molar-refractivity contribution is -0.122. The van der Waals surface area contributed by atoms with Crippen LogP contribution < -0.4 is 10.9 Å². The van der Waals surface area contributed by atoms with Gasteiger partial charge in [0.05, 0.1) is 11.0 Å². The van der Waals surface area contributed by atoms with E-state index in [2.05, 4.69) is 22.4 Å². The van der Waals surface area contributed by atoms with Gasteiger partial charge in [-0.3, -0.25) is 18.6 Å². The Kier molecular flexibility index (Phi) is 4.83. The fourth-order valence-corrected chi connectivity index (χ4v) is 2.93. The largest absolute Gasteiger partial charge is 0.352 e. The number of amides is 1. The van der Waals surface area contributed by atoms with Crippen LogP contribution in [0.4, 0.5) is 0 Å². The number of aryl methyl sites for hydroxylation is 1. The zero-order valence-electron chi connectivity index (χ0n) is 14.8. The topological polar surface area (TPSA) is 81.3 Å². The Balaban J connectivity index is 2.17. The van der Waals surface area contributed by atoms with Crippen molar-refractivity contribution in [1.82, 2.24) is 24.5 Å². The van der Waals surface area contributed by atoms with E-state index in [9.17, 15) is 9.59 Å². The van der Waals surface area contributed by atoms with E-state index in [1.165, 1.54) is 4.57 Å². The van der Waals surface area contributed by atoms with Gasteiger partial charge in [-0.15, -0.1) is 10.2 Å². The van der Waals surface area contributed by atoms with E-state index in [4.69, 9.17) is 0 Å². The monoisotopic (exact) mass is 341 g/mol. The van der Waals surface area contributed by atoms with Gasteiger partial charge in [-0.25, -0.2) is 0 Å². The summed E-state index contributed by atoms with van der Waals surface area (Å²) in [6.07, 6.45) is 2.49. The molecule has 2 aromatic heterocycles. The Labute approximate surface area is 145 Å². The molecule has 0 saturated carbocycles. The van der Waals surface area contributed by atoms with Gasteiger partial charge >= 0.3 is 0 Å². The summed E-state index contributed by atoms with van der Waals surface area (Å²) in [5.74, 6) is 0.584. The second kappa shape index (κ2) is 7.04. The smallest absolute Gasteiger partial charge is 0.297 e. The molecule has 1 amide bonds. The second-order valence-electron chi connectivity index (χ2n) is 6.28. The molecule has 1 N–H and O–H groups in total. The summed E-state index contributed by atoms with van der Waals surface area (Å²) in [5, 5.41) is 11.2. The van der Waals surface area contributed by atoms with Gasteiger partial charge in [-0.2, -0.15) is 0 Å². The van der Waals surface area contributed by atoms with Crippen molar-refractivity contribution in [3.8, 4) is 0 Å². The molecule has 0 fully saturated rings. The average Bonchev–Trinajstić information content (AvgIpc) is 3.03. The quantitative estimate of drug-likeness (QED) is 0.742. The van der Waals surface area contributed by atoms with Gasteiger partial charge in [0.25, 0.3) is 5.56 Å². The van der Waals surface area contributed by atoms with Crippen LogP contribution >= 0.6 is 0 Å². The van der Waals surface area contributed by atoms with Crippen molar-refractivity contribution in [1.29, 1.82) is 0 Å². The van der Waals surface area contributed by atoms with E-state index in [0.717, 1.165) is 30.6 Å². The van der Waals surface area contributed by atoms with Gasteiger partial charge in [-0.05, 0) is 31.9 Å². The van der Waals surface area contributed by atoms with Crippen LogP contribution in [-0.4, -0.2) is 31.1 Å². The van der Waals surface area contributed by atoms with Crippen LogP contribution in [0.15, 0.2) is 29.1 Å². The molecule has 25 heavy (non-hydrogen) atoms. The minimum atomic E-state index is -0.298. The zero-order valence-corrected chi connectivity index (χ0v) is 14.8. The van der Waals surface area contributed by atoms with Gasteiger partial charge < -0.3 is 5.32 Å². The second-order valence-corrected chi connectivity index (χ2v) is 6.28. The molecule has 7 heteroatoms. The van der Waals surface area contributed by atoms with Gasteiger partial charge in [-0.1, -0.05) is 26.0 Å². The Morgan fingerprint density at radius 2 is 1.92 bits per heavy atom. The summed E-state index contributed by atoms with van der Waals surface area (Å²) >= 11 is 0. The molecule has 3 aromatic rings. The normalized spacial score (nSPS) is 12.6. The number of hydrogen-bond donors (Lipinski definition) is 1. The molecule has 0 radical (unpaired) electrons. The lowest BCUT2D eigenvalue weighted by atomic mass is 10.2. The molecule has 1 aromatic carbocycles. The fourth-order valence-electron chi connectivity index (χ4n) is 2.93. The molecule has 7 nitrogen and oxygen atoms in total. The van der Waals surface area contributed by atoms with Crippen LogP contribution in [0.5, 0.6) is 0 Å². The highest BCUT2D eigenvalue weighted by Gasteiger charge is 2.17. The number of benzene rings is 1. The molecule has 132 valence electrons. The molecule has 0 saturated heterocycles. The molecule has 1 atom stereocenters. The summed E-state index contributed by atoms with van der Waals surface area (Å²) in [6, 6.07) is 7.62. The summed E-state index contributed by atoms with van der Waals surface area (Å²) in [7, 11) is 0. The number of rotatable bonds is 6. The zero-order chi connectivity index (χ0) is 18.0. The number of nitrogens with one attached hydrogen (secondary N) is 1. The molecule has 0 aliphatic heterocycles. The van der Waals surface area contributed by atoms with Crippen LogP contribution in [0, 0.1) is 0 Å². The minimum absolute atomic E-state index is 0.0316. The van der Waals surface area contributed by atoms with E-state index in [1.54, 1.807) is 0 Å². The van der Waals surface area contributed by atoms with E-state index >= 15 is 0 Å². The average molecular weight is 341 g/mol. The third-order valence-corrected chi connectivity index (χ3v) is 4.38. The van der Waals surface area contributed by atoms with Crippen molar-refractivity contribution >= 4 is 22.6 Å². The van der Waals surface area contributed by atoms with Crippen molar-refractivity contribution in [2.75, 3.05) is 0 Å². The highest BCUT2D eigenvalue weighted by molar-refractivity contribution is 5.82. The number of nitrogens with zero attached hydrogens (tertiary/aromatic N) is 4. The molecule has 2 heterocycles. The van der Waals surface area contributed by atoms with Crippen LogP contribution in [0.25, 0.3) is 16.7 Å². The standard InChI is InChI=1S/C18H23N5O2/c1-4-8-15-20-21-17-18(25)22(11-16(24)19-12(3)5-2)13-9-6-7-10-14(13)23(15)17/h6-7,9-10,12H,4-5,8,11H2,1-3H3,(H,19,24)/t12-/m1/s1. The molecule has 0 aliphatic rings. The van der Waals surface area contributed by atoms with E-state index < -0.39 is 0 Å². The summed E-state index contributed by atoms with van der Waals surface area (Å²) in [4.78, 5) is 25.2. The predicted octanol–water partition coefficient (Wildman–Crippen LogP) is 1.91. The molecular formula is C18H23N5O2. The first kappa shape index (κ1) is 17.1. The van der Waals surface area contributed by atoms with Crippen molar-refractivity contribution in [2.24, 2.45) is 0 Å². The summed E-state index contributed by atoms with van der Waals surface area (Å²) in [6.45, 7) is 5.97. The first-order chi connectivity index (χ1) is 12.1. The van der Waals surface area contributed by atoms with E-state index in [-0.39, 0.29) is 29.7 Å². The SMILES string of the molecule is CCCc1nnc2c(=O)n(CC(=O)N[C@H](C)CC)c3ccccc3n12. The summed E-state index contributed by atoms with van der Waals surface area (Å²) in [5.41, 5.74) is 1.50. The third kappa shape index (κ3) is 3.14. The van der Waals surface area contributed by atoms with Crippen LogP contribution in [-0.2, 0) is 17.8 Å². The van der Waals surface area contributed by atoms with Crippen molar-refractivity contribution in [3.05, 3.63) is 40.4 Å². The number of aromatic nitrogens is 4. The van der Waals surface area contributed by atoms with Crippen LogP contribution in [0.1, 0.15) is 39.4 Å². The van der Waals surface area contributed by atoms with Gasteiger partial charge in [0, 0.05) is 12.5 Å². The minimum Gasteiger partial charge on any atom is -0.352 e. The number of carbonyl (C=O) groups excluding carboxylic acids is 1. The van der Waals surface area contributed by atoms with Crippen LogP contribution in [0.2, 0.25) is 0 Å². The highest BCUT2D eigenvalue weighted by atomic mass is 16.2. The van der Waals surface area contributed by atoms with Crippen molar-refractivity contribution < 1.29 is 4.79 Å². The van der Waals surface area contributed by atoms with Crippen molar-refractivity contribution in [3.63, 3.8) is 0 Å². The highest BCUT2D eigenvalue weighted by Crippen LogP contribution is 2.16. The lowest BCUT2D eigenvalue weighted by Gasteiger charge is -2.15. The molecular weight excluding hydrogens is 318 g/mol. The lowest BCUT2D eigenvalue weighted by Crippen LogP contribution is -2.37. The molecule has 0 aliphatic carbocycles. The maximum absolute atomic E-state index is 12.9. The number of fused-ring (bicyclic) bond motifs is 3. The van der Waals surface area contributed by atoms with Crippen LogP contribution in [0.3, 0.4) is 0 Å².